The van der Waals surface area contributed by atoms with E-state index in [0.717, 1.165) is 0 Å². The Morgan fingerprint density at radius 2 is 2.55 bits per heavy atom. The predicted octanol–water partition coefficient (Wildman–Crippen LogP) is -0.446. The number of nitrogens with two attached hydrogens (primary N) is 1. The third kappa shape index (κ3) is 2.23. The average molecular weight is 172 g/mol. The van der Waals surface area contributed by atoms with Gasteiger partial charge in [0.1, 0.15) is 5.82 Å². The van der Waals surface area contributed by atoms with Crippen LogP contribution in [0.4, 0.5) is 0 Å². The zero-order valence-electron chi connectivity index (χ0n) is 6.00. The van der Waals surface area contributed by atoms with Crippen LogP contribution in [-0.4, -0.2) is 27.3 Å². The van der Waals surface area contributed by atoms with Crippen molar-refractivity contribution in [2.24, 2.45) is 5.73 Å². The molecule has 0 atom stereocenters. The van der Waals surface area contributed by atoms with Gasteiger partial charge in [-0.3, -0.25) is 9.89 Å². The van der Waals surface area contributed by atoms with Crippen molar-refractivity contribution in [1.82, 2.24) is 15.2 Å². The van der Waals surface area contributed by atoms with Gasteiger partial charge >= 0.3 is 0 Å². The maximum absolute atomic E-state index is 10.4. The van der Waals surface area contributed by atoms with Gasteiger partial charge in [0.2, 0.25) is 11.1 Å². The molecule has 1 amide bonds. The number of amides is 1. The normalized spacial score (nSPS) is 9.91. The van der Waals surface area contributed by atoms with E-state index in [-0.39, 0.29) is 6.42 Å². The fourth-order valence-corrected chi connectivity index (χ4v) is 0.952. The summed E-state index contributed by atoms with van der Waals surface area (Å²) in [7, 11) is 0. The van der Waals surface area contributed by atoms with Gasteiger partial charge in [0.15, 0.2) is 0 Å². The second kappa shape index (κ2) is 3.38. The molecule has 1 aromatic rings. The second-order valence-corrected chi connectivity index (χ2v) is 2.69. The van der Waals surface area contributed by atoms with Crippen LogP contribution < -0.4 is 5.73 Å². The number of hydrogen-bond donors (Lipinski definition) is 2. The highest BCUT2D eigenvalue weighted by Gasteiger charge is 2.03. The number of aromatic nitrogens is 3. The third-order valence-electron chi connectivity index (χ3n) is 1.04. The number of nitrogens with zero attached hydrogens (tertiary/aromatic N) is 2. The van der Waals surface area contributed by atoms with Gasteiger partial charge in [-0.15, -0.1) is 5.10 Å². The number of hydrogen-bond acceptors (Lipinski definition) is 4. The SMILES string of the molecule is CSc1n[nH]c(CC(N)=O)n1. The van der Waals surface area contributed by atoms with Crippen LogP contribution in [0.2, 0.25) is 0 Å². The Hall–Kier alpha value is -1.04. The van der Waals surface area contributed by atoms with Crippen LogP contribution >= 0.6 is 11.8 Å². The van der Waals surface area contributed by atoms with Gasteiger partial charge in [0.25, 0.3) is 0 Å². The maximum Gasteiger partial charge on any atom is 0.225 e. The minimum atomic E-state index is -0.409. The first-order valence-corrected chi connectivity index (χ1v) is 4.18. The molecule has 0 saturated carbocycles. The highest BCUT2D eigenvalue weighted by atomic mass is 32.2. The molecule has 6 heteroatoms. The van der Waals surface area contributed by atoms with Gasteiger partial charge < -0.3 is 5.73 Å². The van der Waals surface area contributed by atoms with Gasteiger partial charge in [-0.1, -0.05) is 11.8 Å². The first kappa shape index (κ1) is 8.06. The van der Waals surface area contributed by atoms with Crippen molar-refractivity contribution in [3.63, 3.8) is 0 Å². The molecule has 1 aromatic heterocycles. The lowest BCUT2D eigenvalue weighted by Gasteiger charge is -1.86. The quantitative estimate of drug-likeness (QED) is 0.605. The maximum atomic E-state index is 10.4. The van der Waals surface area contributed by atoms with Crippen molar-refractivity contribution < 1.29 is 4.79 Å². The average Bonchev–Trinajstić information content (AvgIpc) is 2.34. The second-order valence-electron chi connectivity index (χ2n) is 1.91. The number of rotatable bonds is 3. The summed E-state index contributed by atoms with van der Waals surface area (Å²) < 4.78 is 0. The molecule has 0 fully saturated rings. The van der Waals surface area contributed by atoms with Crippen molar-refractivity contribution >= 4 is 17.7 Å². The highest BCUT2D eigenvalue weighted by molar-refractivity contribution is 7.98. The monoisotopic (exact) mass is 172 g/mol. The summed E-state index contributed by atoms with van der Waals surface area (Å²) >= 11 is 1.41. The number of carbonyl (C=O) groups is 1. The van der Waals surface area contributed by atoms with E-state index in [1.54, 1.807) is 0 Å². The molecule has 1 rings (SSSR count). The summed E-state index contributed by atoms with van der Waals surface area (Å²) in [6, 6.07) is 0. The molecule has 1 heterocycles. The zero-order valence-corrected chi connectivity index (χ0v) is 6.81. The summed E-state index contributed by atoms with van der Waals surface area (Å²) in [6.45, 7) is 0. The van der Waals surface area contributed by atoms with Crippen molar-refractivity contribution in [3.05, 3.63) is 5.82 Å². The summed E-state index contributed by atoms with van der Waals surface area (Å²) in [4.78, 5) is 14.4. The van der Waals surface area contributed by atoms with Crippen LogP contribution in [0.1, 0.15) is 5.82 Å². The molecule has 3 N–H and O–H groups in total. The predicted molar refractivity (Wildman–Crippen MR) is 41.1 cm³/mol. The molecule has 60 valence electrons. The lowest BCUT2D eigenvalue weighted by Crippen LogP contribution is -2.14. The van der Waals surface area contributed by atoms with E-state index in [4.69, 9.17) is 5.73 Å². The van der Waals surface area contributed by atoms with Gasteiger partial charge in [-0.05, 0) is 6.26 Å². The molecule has 0 unspecified atom stereocenters. The fourth-order valence-electron chi connectivity index (χ4n) is 0.613. The molecule has 0 aliphatic rings. The molecule has 0 saturated heterocycles. The summed E-state index contributed by atoms with van der Waals surface area (Å²) in [5.41, 5.74) is 4.94. The standard InChI is InChI=1S/C5H8N4OS/c1-11-5-7-4(8-9-5)2-3(6)10/h2H2,1H3,(H2,6,10)(H,7,8,9). The number of aromatic amines is 1. The summed E-state index contributed by atoms with van der Waals surface area (Å²) in [6.07, 6.45) is 1.98. The summed E-state index contributed by atoms with van der Waals surface area (Å²) in [5, 5.41) is 7.04. The lowest BCUT2D eigenvalue weighted by molar-refractivity contribution is -0.117. The molecular formula is C5H8N4OS. The molecule has 0 aromatic carbocycles. The highest BCUT2D eigenvalue weighted by Crippen LogP contribution is 2.06. The van der Waals surface area contributed by atoms with Crippen molar-refractivity contribution in [2.75, 3.05) is 6.26 Å². The van der Waals surface area contributed by atoms with Crippen molar-refractivity contribution in [2.45, 2.75) is 11.6 Å². The van der Waals surface area contributed by atoms with E-state index in [2.05, 4.69) is 15.2 Å². The Kier molecular flexibility index (Phi) is 2.48. The number of thioether (sulfide) groups is 1. The molecule has 0 aliphatic heterocycles. The molecule has 11 heavy (non-hydrogen) atoms. The number of H-pyrrole nitrogens is 1. The smallest absolute Gasteiger partial charge is 0.225 e. The third-order valence-corrected chi connectivity index (χ3v) is 1.58. The van der Waals surface area contributed by atoms with E-state index in [1.165, 1.54) is 11.8 Å². The lowest BCUT2D eigenvalue weighted by atomic mass is 10.4. The molecular weight excluding hydrogens is 164 g/mol. The van der Waals surface area contributed by atoms with Crippen molar-refractivity contribution in [1.29, 1.82) is 0 Å². The minimum absolute atomic E-state index is 0.119. The number of carbonyl (C=O) groups excluding carboxylic acids is 1. The van der Waals surface area contributed by atoms with Crippen LogP contribution in [0.3, 0.4) is 0 Å². The first-order valence-electron chi connectivity index (χ1n) is 2.96. The molecule has 0 aliphatic carbocycles. The van der Waals surface area contributed by atoms with Crippen LogP contribution in [0.25, 0.3) is 0 Å². The largest absolute Gasteiger partial charge is 0.369 e. The minimum Gasteiger partial charge on any atom is -0.369 e. The van der Waals surface area contributed by atoms with E-state index in [9.17, 15) is 4.79 Å². The Labute approximate surface area is 67.8 Å². The Morgan fingerprint density at radius 3 is 3.00 bits per heavy atom. The van der Waals surface area contributed by atoms with Gasteiger partial charge in [-0.2, -0.15) is 0 Å². The van der Waals surface area contributed by atoms with Gasteiger partial charge in [-0.25, -0.2) is 4.98 Å². The zero-order chi connectivity index (χ0) is 8.27. The molecule has 0 spiro atoms. The first-order chi connectivity index (χ1) is 5.22. The Balaban J connectivity index is 2.65. The van der Waals surface area contributed by atoms with E-state index in [1.807, 2.05) is 6.26 Å². The van der Waals surface area contributed by atoms with Crippen LogP contribution in [0.15, 0.2) is 5.16 Å². The Morgan fingerprint density at radius 1 is 1.82 bits per heavy atom. The molecule has 0 radical (unpaired) electrons. The van der Waals surface area contributed by atoms with Crippen LogP contribution in [0, 0.1) is 0 Å². The number of primary amides is 1. The fraction of sp³-hybridized carbons (Fsp3) is 0.400. The van der Waals surface area contributed by atoms with E-state index >= 15 is 0 Å². The van der Waals surface area contributed by atoms with Crippen molar-refractivity contribution in [3.8, 4) is 0 Å². The molecule has 0 bridgehead atoms. The molecule has 5 nitrogen and oxygen atoms in total. The number of nitrogens with one attached hydrogen (secondary N) is 1. The topological polar surface area (TPSA) is 84.7 Å². The Bertz CT molecular complexity index is 259. The van der Waals surface area contributed by atoms with E-state index < -0.39 is 5.91 Å². The van der Waals surface area contributed by atoms with Crippen LogP contribution in [-0.2, 0) is 11.2 Å². The van der Waals surface area contributed by atoms with Gasteiger partial charge in [0, 0.05) is 0 Å². The summed E-state index contributed by atoms with van der Waals surface area (Å²) in [5.74, 6) is 0.107. The van der Waals surface area contributed by atoms with E-state index in [0.29, 0.717) is 11.0 Å². The van der Waals surface area contributed by atoms with Gasteiger partial charge in [0.05, 0.1) is 6.42 Å². The van der Waals surface area contributed by atoms with Crippen LogP contribution in [0.5, 0.6) is 0 Å².